The zero-order valence-corrected chi connectivity index (χ0v) is 19.0. The third-order valence-electron chi connectivity index (χ3n) is 6.23. The van der Waals surface area contributed by atoms with E-state index < -0.39 is 17.7 Å². The van der Waals surface area contributed by atoms with Gasteiger partial charge in [-0.25, -0.2) is 4.79 Å². The zero-order chi connectivity index (χ0) is 22.6. The molecule has 1 aliphatic carbocycles. The van der Waals surface area contributed by atoms with Crippen LogP contribution in [0, 0.1) is 11.3 Å². The minimum absolute atomic E-state index is 0.0501. The van der Waals surface area contributed by atoms with Crippen molar-refractivity contribution in [3.8, 4) is 0 Å². The Hall–Kier alpha value is -2.12. The monoisotopic (exact) mass is 433 g/mol. The number of esters is 1. The molecular formula is C24H35NO6. The number of ether oxygens (including phenoxy) is 3. The number of carbonyl (C=O) groups excluding carboxylic acids is 2. The van der Waals surface area contributed by atoms with Crippen molar-refractivity contribution in [1.82, 2.24) is 4.90 Å². The maximum absolute atomic E-state index is 12.3. The van der Waals surface area contributed by atoms with E-state index in [1.54, 1.807) is 12.0 Å². The van der Waals surface area contributed by atoms with Gasteiger partial charge in [0.05, 0.1) is 18.6 Å². The lowest BCUT2D eigenvalue weighted by atomic mass is 9.62. The van der Waals surface area contributed by atoms with E-state index in [4.69, 9.17) is 14.2 Å². The van der Waals surface area contributed by atoms with Gasteiger partial charge < -0.3 is 24.2 Å². The number of hydrogen-bond donors (Lipinski definition) is 1. The van der Waals surface area contributed by atoms with Crippen LogP contribution in [0.25, 0.3) is 0 Å². The van der Waals surface area contributed by atoms with Crippen LogP contribution >= 0.6 is 0 Å². The predicted molar refractivity (Wildman–Crippen MR) is 115 cm³/mol. The second-order valence-corrected chi connectivity index (χ2v) is 9.93. The maximum atomic E-state index is 12.3. The SMILES string of the molecule is COC1CCC2(CC1C(O)CC(=O)OCc1ccccc1)CN(C(=O)OC(C)(C)C)C2. The molecule has 2 aliphatic rings. The van der Waals surface area contributed by atoms with Crippen molar-refractivity contribution in [1.29, 1.82) is 0 Å². The van der Waals surface area contributed by atoms with Crippen LogP contribution in [0.1, 0.15) is 52.0 Å². The summed E-state index contributed by atoms with van der Waals surface area (Å²) in [4.78, 5) is 26.3. The Balaban J connectivity index is 1.53. The van der Waals surface area contributed by atoms with Gasteiger partial charge in [0.15, 0.2) is 0 Å². The molecule has 1 saturated heterocycles. The summed E-state index contributed by atoms with van der Waals surface area (Å²) in [5, 5.41) is 10.8. The fraction of sp³-hybridized carbons (Fsp3) is 0.667. The fourth-order valence-electron chi connectivity index (χ4n) is 4.70. The summed E-state index contributed by atoms with van der Waals surface area (Å²) >= 11 is 0. The third kappa shape index (κ3) is 6.20. The van der Waals surface area contributed by atoms with E-state index in [-0.39, 0.29) is 36.6 Å². The second kappa shape index (κ2) is 9.57. The minimum atomic E-state index is -0.846. The number of nitrogens with zero attached hydrogens (tertiary/aromatic N) is 1. The molecule has 1 spiro atoms. The maximum Gasteiger partial charge on any atom is 0.410 e. The number of aliphatic hydroxyl groups excluding tert-OH is 1. The van der Waals surface area contributed by atoms with Gasteiger partial charge in [-0.05, 0) is 45.6 Å². The van der Waals surface area contributed by atoms with Crippen molar-refractivity contribution in [2.75, 3.05) is 20.2 Å². The summed E-state index contributed by atoms with van der Waals surface area (Å²) in [6.07, 6.45) is 1.10. The van der Waals surface area contributed by atoms with Gasteiger partial charge >= 0.3 is 12.1 Å². The molecule has 0 aromatic heterocycles. The number of hydrogen-bond acceptors (Lipinski definition) is 6. The largest absolute Gasteiger partial charge is 0.461 e. The van der Waals surface area contributed by atoms with Gasteiger partial charge in [0.2, 0.25) is 0 Å². The third-order valence-corrected chi connectivity index (χ3v) is 6.23. The minimum Gasteiger partial charge on any atom is -0.461 e. The molecule has 1 amide bonds. The normalized spacial score (nSPS) is 23.7. The molecule has 31 heavy (non-hydrogen) atoms. The zero-order valence-electron chi connectivity index (χ0n) is 19.0. The van der Waals surface area contributed by atoms with Crippen molar-refractivity contribution in [3.63, 3.8) is 0 Å². The number of likely N-dealkylation sites (tertiary alicyclic amines) is 1. The Morgan fingerprint density at radius 2 is 1.90 bits per heavy atom. The van der Waals surface area contributed by atoms with Crippen molar-refractivity contribution in [2.45, 2.75) is 70.9 Å². The van der Waals surface area contributed by atoms with Crippen LogP contribution in [0.4, 0.5) is 4.79 Å². The molecule has 0 radical (unpaired) electrons. The highest BCUT2D eigenvalue weighted by atomic mass is 16.6. The van der Waals surface area contributed by atoms with Gasteiger partial charge in [0.25, 0.3) is 0 Å². The Labute approximate surface area is 184 Å². The average Bonchev–Trinajstić information content (AvgIpc) is 2.69. The van der Waals surface area contributed by atoms with Crippen LogP contribution in [-0.4, -0.2) is 60.1 Å². The van der Waals surface area contributed by atoms with Crippen LogP contribution in [0.3, 0.4) is 0 Å². The molecule has 172 valence electrons. The standard InChI is InChI=1S/C24H35NO6/c1-23(2,3)31-22(28)25-15-24(16-25)11-10-20(29-4)18(13-24)19(26)12-21(27)30-14-17-8-6-5-7-9-17/h5-9,18-20,26H,10-16H2,1-4H3. The molecule has 3 atom stereocenters. The first-order valence-electron chi connectivity index (χ1n) is 11.0. The highest BCUT2D eigenvalue weighted by Gasteiger charge is 2.52. The number of aliphatic hydroxyl groups is 1. The van der Waals surface area contributed by atoms with Crippen LogP contribution in [0.2, 0.25) is 0 Å². The molecule has 1 aliphatic heterocycles. The fourth-order valence-corrected chi connectivity index (χ4v) is 4.70. The molecule has 1 aromatic rings. The first kappa shape index (κ1) is 23.5. The summed E-state index contributed by atoms with van der Waals surface area (Å²) in [6, 6.07) is 9.47. The predicted octanol–water partition coefficient (Wildman–Crippen LogP) is 3.53. The van der Waals surface area contributed by atoms with Gasteiger partial charge in [0.1, 0.15) is 12.2 Å². The Bertz CT molecular complexity index is 753. The van der Waals surface area contributed by atoms with E-state index in [1.807, 2.05) is 51.1 Å². The molecule has 3 unspecified atom stereocenters. The summed E-state index contributed by atoms with van der Waals surface area (Å²) in [6.45, 7) is 6.98. The lowest BCUT2D eigenvalue weighted by molar-refractivity contribution is -0.152. The van der Waals surface area contributed by atoms with Crippen LogP contribution in [0.15, 0.2) is 30.3 Å². The molecule has 3 rings (SSSR count). The van der Waals surface area contributed by atoms with Gasteiger partial charge in [0, 0.05) is 31.5 Å². The molecule has 1 saturated carbocycles. The molecule has 1 N–H and O–H groups in total. The second-order valence-electron chi connectivity index (χ2n) is 9.93. The molecule has 1 aromatic carbocycles. The van der Waals surface area contributed by atoms with E-state index >= 15 is 0 Å². The van der Waals surface area contributed by atoms with Crippen LogP contribution in [-0.2, 0) is 25.6 Å². The molecule has 2 fully saturated rings. The highest BCUT2D eigenvalue weighted by Crippen LogP contribution is 2.48. The van der Waals surface area contributed by atoms with E-state index in [1.165, 1.54) is 0 Å². The lowest BCUT2D eigenvalue weighted by Crippen LogP contribution is -2.62. The van der Waals surface area contributed by atoms with E-state index in [0.717, 1.165) is 18.4 Å². The Morgan fingerprint density at radius 3 is 2.52 bits per heavy atom. The first-order chi connectivity index (χ1) is 14.6. The molecule has 7 heteroatoms. The Morgan fingerprint density at radius 1 is 1.23 bits per heavy atom. The van der Waals surface area contributed by atoms with E-state index in [2.05, 4.69) is 0 Å². The number of carbonyl (C=O) groups is 2. The molecular weight excluding hydrogens is 398 g/mol. The quantitative estimate of drug-likeness (QED) is 0.691. The van der Waals surface area contributed by atoms with E-state index in [9.17, 15) is 14.7 Å². The first-order valence-corrected chi connectivity index (χ1v) is 11.0. The average molecular weight is 434 g/mol. The summed E-state index contributed by atoms with van der Waals surface area (Å²) < 4.78 is 16.4. The Kier molecular flexibility index (Phi) is 7.27. The lowest BCUT2D eigenvalue weighted by Gasteiger charge is -2.55. The van der Waals surface area contributed by atoms with Crippen LogP contribution in [0.5, 0.6) is 0 Å². The van der Waals surface area contributed by atoms with Crippen LogP contribution < -0.4 is 0 Å². The summed E-state index contributed by atoms with van der Waals surface area (Å²) in [7, 11) is 1.64. The number of methoxy groups -OCH3 is 1. The smallest absolute Gasteiger partial charge is 0.410 e. The van der Waals surface area contributed by atoms with Crippen molar-refractivity contribution < 1.29 is 28.9 Å². The number of amides is 1. The molecule has 1 heterocycles. The van der Waals surface area contributed by atoms with Gasteiger partial charge in [-0.15, -0.1) is 0 Å². The van der Waals surface area contributed by atoms with Gasteiger partial charge in [-0.2, -0.15) is 0 Å². The van der Waals surface area contributed by atoms with Gasteiger partial charge in [-0.1, -0.05) is 30.3 Å². The highest BCUT2D eigenvalue weighted by molar-refractivity contribution is 5.70. The number of benzene rings is 1. The van der Waals surface area contributed by atoms with Gasteiger partial charge in [-0.3, -0.25) is 4.79 Å². The summed E-state index contributed by atoms with van der Waals surface area (Å²) in [5.74, 6) is -0.598. The topological polar surface area (TPSA) is 85.3 Å². The molecule has 7 nitrogen and oxygen atoms in total. The van der Waals surface area contributed by atoms with Crippen molar-refractivity contribution in [2.24, 2.45) is 11.3 Å². The van der Waals surface area contributed by atoms with E-state index in [0.29, 0.717) is 19.5 Å². The van der Waals surface area contributed by atoms with Crippen molar-refractivity contribution in [3.05, 3.63) is 35.9 Å². The number of rotatable bonds is 6. The molecule has 0 bridgehead atoms. The summed E-state index contributed by atoms with van der Waals surface area (Å²) in [5.41, 5.74) is 0.339. The van der Waals surface area contributed by atoms with Crippen molar-refractivity contribution >= 4 is 12.1 Å².